The third kappa shape index (κ3) is 4.92. The van der Waals surface area contributed by atoms with Crippen LogP contribution in [-0.2, 0) is 0 Å². The van der Waals surface area contributed by atoms with Gasteiger partial charge in [0.1, 0.15) is 11.5 Å². The van der Waals surface area contributed by atoms with Gasteiger partial charge < -0.3 is 9.47 Å². The average molecular weight is 599 g/mol. The molecule has 0 bridgehead atoms. The van der Waals surface area contributed by atoms with E-state index < -0.39 is 8.07 Å². The van der Waals surface area contributed by atoms with E-state index in [2.05, 4.69) is 158 Å². The quantitative estimate of drug-likeness (QED) is 0.163. The van der Waals surface area contributed by atoms with Gasteiger partial charge in [0.05, 0.1) is 14.2 Å². The highest BCUT2D eigenvalue weighted by molar-refractivity contribution is 7.29. The first-order valence-corrected chi connectivity index (χ1v) is 17.3. The molecular weight excluding hydrogens is 565 g/mol. The molecule has 0 fully saturated rings. The molecule has 0 amide bonds. The van der Waals surface area contributed by atoms with Crippen LogP contribution < -0.4 is 19.8 Å². The molecule has 0 atom stereocenters. The Labute approximate surface area is 266 Å². The molecule has 218 valence electrons. The maximum Gasteiger partial charge on any atom is 0.182 e. The largest absolute Gasteiger partial charge is 0.497 e. The van der Waals surface area contributed by atoms with Gasteiger partial charge in [0, 0.05) is 0 Å². The van der Waals surface area contributed by atoms with Gasteiger partial charge in [-0.15, -0.1) is 0 Å². The van der Waals surface area contributed by atoms with Gasteiger partial charge in [0.15, 0.2) is 8.07 Å². The van der Waals surface area contributed by atoms with Crippen LogP contribution in [0.1, 0.15) is 22.3 Å². The first-order chi connectivity index (χ1) is 22.3. The Bertz CT molecular complexity index is 1850. The summed E-state index contributed by atoms with van der Waals surface area (Å²) in [5, 5.41) is 5.35. The molecule has 0 aromatic heterocycles. The zero-order chi connectivity index (χ0) is 30.6. The molecule has 0 unspecified atom stereocenters. The summed E-state index contributed by atoms with van der Waals surface area (Å²) >= 11 is 0. The molecule has 0 spiro atoms. The highest BCUT2D eigenvalue weighted by Gasteiger charge is 2.53. The summed E-state index contributed by atoms with van der Waals surface area (Å²) in [6, 6.07) is 61.3. The second-order valence-corrected chi connectivity index (χ2v) is 14.8. The van der Waals surface area contributed by atoms with Crippen molar-refractivity contribution >= 4 is 40.0 Å². The van der Waals surface area contributed by atoms with Crippen LogP contribution >= 0.6 is 0 Å². The predicted molar refractivity (Wildman–Crippen MR) is 190 cm³/mol. The molecule has 1 aliphatic rings. The Kier molecular flexibility index (Phi) is 7.77. The van der Waals surface area contributed by atoms with Crippen molar-refractivity contribution < 1.29 is 9.47 Å². The van der Waals surface area contributed by atoms with Crippen LogP contribution in [-0.4, -0.2) is 22.3 Å². The standard InChI is InChI=1S/C42H34O2Si/c1-43-35-23-15-21-33(29-35)41-39(31-17-7-3-8-18-31)40(32-19-9-4-10-20-32)42(34-22-16-24-36(30-34)44-2)45(41,37-25-11-5-12-26-37)38-27-13-6-14-28-38/h3-30H,1-2H3. The lowest BCUT2D eigenvalue weighted by Crippen LogP contribution is -2.59. The fourth-order valence-corrected chi connectivity index (χ4v) is 12.5. The lowest BCUT2D eigenvalue weighted by atomic mass is 9.89. The zero-order valence-corrected chi connectivity index (χ0v) is 26.5. The fourth-order valence-electron chi connectivity index (χ4n) is 6.94. The van der Waals surface area contributed by atoms with E-state index in [1.165, 1.54) is 54.2 Å². The molecule has 1 aliphatic heterocycles. The minimum Gasteiger partial charge on any atom is -0.497 e. The van der Waals surface area contributed by atoms with E-state index in [-0.39, 0.29) is 0 Å². The van der Waals surface area contributed by atoms with Crippen LogP contribution in [0.5, 0.6) is 11.5 Å². The van der Waals surface area contributed by atoms with Crippen molar-refractivity contribution in [2.75, 3.05) is 14.2 Å². The number of allylic oxidation sites excluding steroid dienone is 2. The Morgan fingerprint density at radius 1 is 0.356 bits per heavy atom. The number of ether oxygens (including phenoxy) is 2. The van der Waals surface area contributed by atoms with Crippen LogP contribution in [0.25, 0.3) is 21.5 Å². The number of hydrogen-bond donors (Lipinski definition) is 0. The highest BCUT2D eigenvalue weighted by atomic mass is 28.3. The van der Waals surface area contributed by atoms with Crippen LogP contribution in [0.2, 0.25) is 0 Å². The van der Waals surface area contributed by atoms with Crippen LogP contribution in [0.15, 0.2) is 170 Å². The molecule has 0 saturated heterocycles. The lowest BCUT2D eigenvalue weighted by Gasteiger charge is -2.36. The fraction of sp³-hybridized carbons (Fsp3) is 0.0476. The van der Waals surface area contributed by atoms with Crippen LogP contribution in [0.3, 0.4) is 0 Å². The number of hydrogen-bond acceptors (Lipinski definition) is 2. The third-order valence-corrected chi connectivity index (χ3v) is 13.7. The molecule has 6 aromatic carbocycles. The third-order valence-electron chi connectivity index (χ3n) is 8.76. The minimum atomic E-state index is -3.04. The van der Waals surface area contributed by atoms with Crippen molar-refractivity contribution in [3.8, 4) is 11.5 Å². The van der Waals surface area contributed by atoms with E-state index in [0.717, 1.165) is 11.5 Å². The lowest BCUT2D eigenvalue weighted by molar-refractivity contribution is 0.414. The van der Waals surface area contributed by atoms with Gasteiger partial charge in [-0.3, -0.25) is 0 Å². The molecule has 7 rings (SSSR count). The molecule has 3 heteroatoms. The van der Waals surface area contributed by atoms with Crippen molar-refractivity contribution in [1.29, 1.82) is 0 Å². The van der Waals surface area contributed by atoms with E-state index >= 15 is 0 Å². The van der Waals surface area contributed by atoms with E-state index in [4.69, 9.17) is 9.47 Å². The van der Waals surface area contributed by atoms with Crippen LogP contribution in [0.4, 0.5) is 0 Å². The molecule has 2 nitrogen and oxygen atoms in total. The molecule has 6 aromatic rings. The van der Waals surface area contributed by atoms with E-state index in [9.17, 15) is 0 Å². The van der Waals surface area contributed by atoms with E-state index in [1.807, 2.05) is 12.1 Å². The maximum absolute atomic E-state index is 5.85. The first-order valence-electron chi connectivity index (χ1n) is 15.3. The molecule has 0 saturated carbocycles. The van der Waals surface area contributed by atoms with Crippen molar-refractivity contribution in [2.24, 2.45) is 0 Å². The summed E-state index contributed by atoms with van der Waals surface area (Å²) in [5.74, 6) is 1.68. The number of methoxy groups -OCH3 is 2. The van der Waals surface area contributed by atoms with Crippen molar-refractivity contribution in [1.82, 2.24) is 0 Å². The zero-order valence-electron chi connectivity index (χ0n) is 25.5. The molecule has 0 radical (unpaired) electrons. The van der Waals surface area contributed by atoms with Gasteiger partial charge in [0.2, 0.25) is 0 Å². The van der Waals surface area contributed by atoms with Gasteiger partial charge in [-0.2, -0.15) is 0 Å². The Hall–Kier alpha value is -5.38. The maximum atomic E-state index is 5.85. The second kappa shape index (κ2) is 12.3. The van der Waals surface area contributed by atoms with Crippen molar-refractivity contribution in [3.63, 3.8) is 0 Å². The number of rotatable bonds is 8. The Morgan fingerprint density at radius 3 is 1.04 bits per heavy atom. The summed E-state index contributed by atoms with van der Waals surface area (Å²) in [6.45, 7) is 0. The SMILES string of the molecule is COc1cccc(C2=C(c3ccccc3)C(c3ccccc3)=C(c3cccc(OC)c3)[Si]2(c2ccccc2)c2ccccc2)c1. The molecule has 45 heavy (non-hydrogen) atoms. The monoisotopic (exact) mass is 598 g/mol. The van der Waals surface area contributed by atoms with Gasteiger partial charge in [-0.05, 0) is 78.4 Å². The van der Waals surface area contributed by atoms with Gasteiger partial charge in [-0.25, -0.2) is 0 Å². The van der Waals surface area contributed by atoms with E-state index in [1.54, 1.807) is 14.2 Å². The normalized spacial score (nSPS) is 14.0. The van der Waals surface area contributed by atoms with Gasteiger partial charge in [-0.1, -0.05) is 146 Å². The average Bonchev–Trinajstić information content (AvgIpc) is 3.46. The smallest absolute Gasteiger partial charge is 0.182 e. The summed E-state index contributed by atoms with van der Waals surface area (Å²) in [7, 11) is 0.449. The van der Waals surface area contributed by atoms with E-state index in [0.29, 0.717) is 0 Å². The Balaban J connectivity index is 1.77. The topological polar surface area (TPSA) is 18.5 Å². The Morgan fingerprint density at radius 2 is 0.689 bits per heavy atom. The van der Waals surface area contributed by atoms with Crippen molar-refractivity contribution in [3.05, 3.63) is 192 Å². The summed E-state index contributed by atoms with van der Waals surface area (Å²) in [4.78, 5) is 0. The molecule has 1 heterocycles. The van der Waals surface area contributed by atoms with Gasteiger partial charge in [0.25, 0.3) is 0 Å². The van der Waals surface area contributed by atoms with Gasteiger partial charge >= 0.3 is 0 Å². The first kappa shape index (κ1) is 28.4. The van der Waals surface area contributed by atoms with Crippen LogP contribution in [0, 0.1) is 0 Å². The molecule has 0 aliphatic carbocycles. The second-order valence-electron chi connectivity index (χ2n) is 11.2. The number of benzene rings is 6. The molecular formula is C42H34O2Si. The summed E-state index contributed by atoms with van der Waals surface area (Å²) < 4.78 is 11.7. The highest BCUT2D eigenvalue weighted by Crippen LogP contribution is 2.55. The van der Waals surface area contributed by atoms with Crippen molar-refractivity contribution in [2.45, 2.75) is 0 Å². The predicted octanol–water partition coefficient (Wildman–Crippen LogP) is 8.58. The summed E-state index contributed by atoms with van der Waals surface area (Å²) in [5.41, 5.74) is 7.23. The summed E-state index contributed by atoms with van der Waals surface area (Å²) in [6.07, 6.45) is 0. The molecule has 0 N–H and O–H groups in total. The minimum absolute atomic E-state index is 0.840.